The summed E-state index contributed by atoms with van der Waals surface area (Å²) in [5.41, 5.74) is 6.21. The maximum absolute atomic E-state index is 13.6. The molecule has 1 aliphatic carbocycles. The third-order valence-corrected chi connectivity index (χ3v) is 8.64. The van der Waals surface area contributed by atoms with Crippen molar-refractivity contribution in [2.75, 3.05) is 31.1 Å². The van der Waals surface area contributed by atoms with Crippen molar-refractivity contribution in [2.45, 2.75) is 58.5 Å². The fourth-order valence-corrected chi connectivity index (χ4v) is 6.30. The molecule has 0 radical (unpaired) electrons. The Hall–Kier alpha value is -3.23. The van der Waals surface area contributed by atoms with Gasteiger partial charge in [-0.05, 0) is 96.4 Å². The zero-order chi connectivity index (χ0) is 26.4. The Kier molecular flexibility index (Phi) is 6.70. The monoisotopic (exact) mass is 531 g/mol. The number of fused-ring (bicyclic) bond motifs is 1. The van der Waals surface area contributed by atoms with Crippen LogP contribution in [0.1, 0.15) is 65.8 Å². The van der Waals surface area contributed by atoms with Crippen LogP contribution < -0.4 is 10.5 Å². The highest BCUT2D eigenvalue weighted by Crippen LogP contribution is 2.35. The van der Waals surface area contributed by atoms with Gasteiger partial charge in [0.25, 0.3) is 5.56 Å². The second kappa shape index (κ2) is 10.2. The molecule has 6 rings (SSSR count). The number of hydrogen-bond acceptors (Lipinski definition) is 6. The molecule has 3 heterocycles. The third kappa shape index (κ3) is 4.60. The van der Waals surface area contributed by atoms with Crippen LogP contribution in [0.2, 0.25) is 5.02 Å². The van der Waals surface area contributed by atoms with Gasteiger partial charge in [-0.25, -0.2) is 4.68 Å². The number of pyridine rings is 1. The van der Waals surface area contributed by atoms with Crippen LogP contribution in [-0.4, -0.2) is 56.3 Å². The topological polar surface area (TPSA) is 82.9 Å². The van der Waals surface area contributed by atoms with Crippen LogP contribution in [-0.2, 0) is 0 Å². The highest BCUT2D eigenvalue weighted by molar-refractivity contribution is 6.30. The van der Waals surface area contributed by atoms with E-state index in [1.807, 2.05) is 22.9 Å². The molecule has 1 saturated carbocycles. The van der Waals surface area contributed by atoms with Crippen LogP contribution in [0.15, 0.2) is 41.2 Å². The number of halogens is 1. The lowest BCUT2D eigenvalue weighted by Crippen LogP contribution is -2.49. The summed E-state index contributed by atoms with van der Waals surface area (Å²) in [6, 6.07) is 12.3. The molecule has 0 bridgehead atoms. The number of piperazine rings is 1. The van der Waals surface area contributed by atoms with Gasteiger partial charge in [-0.15, -0.1) is 5.10 Å². The van der Waals surface area contributed by atoms with Gasteiger partial charge in [0, 0.05) is 48.0 Å². The average molecular weight is 532 g/mol. The van der Waals surface area contributed by atoms with Crippen LogP contribution in [0.5, 0.6) is 0 Å². The molecule has 1 saturated heterocycles. The standard InChI is InChI=1S/C29H34ClN7O/c1-18-8-9-22(30)17-26(18)35-10-12-36(13-11-35)27(28-32-33-34-37(28)23-6-4-5-7-23)24-16-21-14-19(2)20(3)15-25(21)31-29(24)38/h8-9,14-17,23,27H,4-7,10-13H2,1-3H3,(H,31,38). The molecule has 1 aliphatic heterocycles. The van der Waals surface area contributed by atoms with E-state index in [1.165, 1.54) is 29.7 Å². The van der Waals surface area contributed by atoms with Crippen molar-refractivity contribution in [1.82, 2.24) is 30.1 Å². The first kappa shape index (κ1) is 25.1. The zero-order valence-electron chi connectivity index (χ0n) is 22.2. The van der Waals surface area contributed by atoms with Gasteiger partial charge in [0.2, 0.25) is 0 Å². The number of nitrogens with zero attached hydrogens (tertiary/aromatic N) is 6. The van der Waals surface area contributed by atoms with Gasteiger partial charge in [0.1, 0.15) is 6.04 Å². The molecule has 2 aromatic carbocycles. The third-order valence-electron chi connectivity index (χ3n) is 8.41. The minimum Gasteiger partial charge on any atom is -0.369 e. The minimum absolute atomic E-state index is 0.0835. The van der Waals surface area contributed by atoms with Crippen LogP contribution in [0.4, 0.5) is 5.69 Å². The lowest BCUT2D eigenvalue weighted by atomic mass is 10.00. The number of tetrazole rings is 1. The molecule has 1 unspecified atom stereocenters. The number of hydrogen-bond donors (Lipinski definition) is 1. The van der Waals surface area contributed by atoms with Gasteiger partial charge in [0.05, 0.1) is 6.04 Å². The lowest BCUT2D eigenvalue weighted by Gasteiger charge is -2.40. The van der Waals surface area contributed by atoms with Gasteiger partial charge >= 0.3 is 0 Å². The second-order valence-electron chi connectivity index (χ2n) is 10.9. The predicted molar refractivity (Wildman–Crippen MR) is 151 cm³/mol. The maximum Gasteiger partial charge on any atom is 0.253 e. The Morgan fingerprint density at radius 1 is 0.947 bits per heavy atom. The Morgan fingerprint density at radius 3 is 2.45 bits per heavy atom. The molecular formula is C29H34ClN7O. The van der Waals surface area contributed by atoms with E-state index in [0.29, 0.717) is 5.56 Å². The predicted octanol–water partition coefficient (Wildman–Crippen LogP) is 5.12. The first-order chi connectivity index (χ1) is 18.4. The first-order valence-electron chi connectivity index (χ1n) is 13.6. The number of aryl methyl sites for hydroxylation is 3. The number of aromatic amines is 1. The molecule has 9 heteroatoms. The highest BCUT2D eigenvalue weighted by Gasteiger charge is 2.35. The number of benzene rings is 2. The number of anilines is 1. The smallest absolute Gasteiger partial charge is 0.253 e. The zero-order valence-corrected chi connectivity index (χ0v) is 23.0. The summed E-state index contributed by atoms with van der Waals surface area (Å²) in [5.74, 6) is 0.762. The number of aromatic nitrogens is 5. The first-order valence-corrected chi connectivity index (χ1v) is 13.9. The summed E-state index contributed by atoms with van der Waals surface area (Å²) in [6.45, 7) is 9.50. The molecule has 2 aliphatic rings. The molecule has 0 amide bonds. The fourth-order valence-electron chi connectivity index (χ4n) is 6.13. The van der Waals surface area contributed by atoms with Crippen molar-refractivity contribution in [2.24, 2.45) is 0 Å². The number of H-pyrrole nitrogens is 1. The van der Waals surface area contributed by atoms with Gasteiger partial charge in [-0.1, -0.05) is 30.5 Å². The fraction of sp³-hybridized carbons (Fsp3) is 0.448. The van der Waals surface area contributed by atoms with Crippen LogP contribution >= 0.6 is 11.6 Å². The highest BCUT2D eigenvalue weighted by atomic mass is 35.5. The lowest BCUT2D eigenvalue weighted by molar-refractivity contribution is 0.197. The van der Waals surface area contributed by atoms with E-state index in [1.54, 1.807) is 0 Å². The molecule has 4 aromatic rings. The number of nitrogens with one attached hydrogen (secondary N) is 1. The van der Waals surface area contributed by atoms with Gasteiger partial charge < -0.3 is 9.88 Å². The normalized spacial score (nSPS) is 17.9. The van der Waals surface area contributed by atoms with Crippen LogP contribution in [0, 0.1) is 20.8 Å². The Labute approximate surface area is 227 Å². The summed E-state index contributed by atoms with van der Waals surface area (Å²) in [6.07, 6.45) is 4.50. The van der Waals surface area contributed by atoms with Crippen molar-refractivity contribution in [3.8, 4) is 0 Å². The van der Waals surface area contributed by atoms with E-state index in [2.05, 4.69) is 69.3 Å². The van der Waals surface area contributed by atoms with Crippen LogP contribution in [0.3, 0.4) is 0 Å². The Balaban J connectivity index is 1.40. The molecule has 2 aromatic heterocycles. The molecule has 1 N–H and O–H groups in total. The van der Waals surface area contributed by atoms with Gasteiger partial charge in [0.15, 0.2) is 5.82 Å². The van der Waals surface area contributed by atoms with Crippen molar-refractivity contribution >= 4 is 28.2 Å². The van der Waals surface area contributed by atoms with Gasteiger partial charge in [-0.3, -0.25) is 9.69 Å². The van der Waals surface area contributed by atoms with E-state index in [9.17, 15) is 4.79 Å². The SMILES string of the molecule is Cc1cc2cc(C(c3nnnn3C3CCCC3)N3CCN(c4cc(Cl)ccc4C)CC3)c(=O)[nH]c2cc1C. The Bertz CT molecular complexity index is 1530. The molecular weight excluding hydrogens is 498 g/mol. The average Bonchev–Trinajstić information content (AvgIpc) is 3.60. The van der Waals surface area contributed by atoms with Crippen LogP contribution in [0.25, 0.3) is 10.9 Å². The molecule has 0 spiro atoms. The van der Waals surface area contributed by atoms with Gasteiger partial charge in [-0.2, -0.15) is 0 Å². The second-order valence-corrected chi connectivity index (χ2v) is 11.3. The molecule has 8 nitrogen and oxygen atoms in total. The minimum atomic E-state index is -0.331. The largest absolute Gasteiger partial charge is 0.369 e. The van der Waals surface area contributed by atoms with Crippen molar-refractivity contribution in [1.29, 1.82) is 0 Å². The maximum atomic E-state index is 13.6. The van der Waals surface area contributed by atoms with Crippen molar-refractivity contribution < 1.29 is 0 Å². The summed E-state index contributed by atoms with van der Waals surface area (Å²) in [7, 11) is 0. The summed E-state index contributed by atoms with van der Waals surface area (Å²) in [4.78, 5) is 21.5. The van der Waals surface area contributed by atoms with E-state index in [0.717, 1.165) is 66.3 Å². The number of rotatable bonds is 5. The van der Waals surface area contributed by atoms with Crippen molar-refractivity contribution in [3.63, 3.8) is 0 Å². The van der Waals surface area contributed by atoms with E-state index in [4.69, 9.17) is 11.6 Å². The quantitative estimate of drug-likeness (QED) is 0.385. The summed E-state index contributed by atoms with van der Waals surface area (Å²) >= 11 is 6.33. The molecule has 198 valence electrons. The molecule has 38 heavy (non-hydrogen) atoms. The van der Waals surface area contributed by atoms with E-state index in [-0.39, 0.29) is 17.6 Å². The summed E-state index contributed by atoms with van der Waals surface area (Å²) in [5, 5.41) is 14.9. The summed E-state index contributed by atoms with van der Waals surface area (Å²) < 4.78 is 2.00. The molecule has 2 fully saturated rings. The van der Waals surface area contributed by atoms with Crippen molar-refractivity contribution in [3.05, 3.63) is 79.9 Å². The Morgan fingerprint density at radius 2 is 1.68 bits per heavy atom. The molecule has 1 atom stereocenters. The van der Waals surface area contributed by atoms with E-state index < -0.39 is 0 Å². The van der Waals surface area contributed by atoms with E-state index >= 15 is 0 Å².